The summed E-state index contributed by atoms with van der Waals surface area (Å²) in [6.07, 6.45) is -1.41. The van der Waals surface area contributed by atoms with Gasteiger partial charge < -0.3 is 14.9 Å². The average Bonchev–Trinajstić information content (AvgIpc) is 2.85. The molecule has 6 heteroatoms. The maximum Gasteiger partial charge on any atom is 0.338 e. The number of aliphatic hydroxyl groups excluding tert-OH is 2. The molecule has 18 heavy (non-hydrogen) atoms. The van der Waals surface area contributed by atoms with E-state index in [9.17, 15) is 15.0 Å². The molecular formula is C12H14N2O4. The fourth-order valence-electron chi connectivity index (χ4n) is 1.78. The van der Waals surface area contributed by atoms with Gasteiger partial charge in [-0.2, -0.15) is 5.10 Å². The Hall–Kier alpha value is -1.92. The van der Waals surface area contributed by atoms with Crippen molar-refractivity contribution in [2.24, 2.45) is 0 Å². The summed E-state index contributed by atoms with van der Waals surface area (Å²) >= 11 is 0. The predicted octanol–water partition coefficient (Wildman–Crippen LogP) is 0.520. The zero-order valence-electron chi connectivity index (χ0n) is 9.83. The molecule has 2 atom stereocenters. The highest BCUT2D eigenvalue weighted by Crippen LogP contribution is 2.25. The van der Waals surface area contributed by atoms with Crippen LogP contribution in [0.1, 0.15) is 18.6 Å². The molecule has 96 valence electrons. The van der Waals surface area contributed by atoms with Gasteiger partial charge in [0, 0.05) is 5.39 Å². The lowest BCUT2D eigenvalue weighted by Gasteiger charge is -2.17. The summed E-state index contributed by atoms with van der Waals surface area (Å²) < 4.78 is 4.67. The Morgan fingerprint density at radius 2 is 2.28 bits per heavy atom. The number of benzene rings is 1. The third kappa shape index (κ3) is 2.20. The summed E-state index contributed by atoms with van der Waals surface area (Å²) in [5.74, 6) is -0.842. The highest BCUT2D eigenvalue weighted by molar-refractivity contribution is 5.83. The molecule has 0 fully saturated rings. The number of hydrogen-bond donors (Lipinski definition) is 3. The molecule has 0 radical (unpaired) electrons. The Kier molecular flexibility index (Phi) is 3.59. The van der Waals surface area contributed by atoms with Gasteiger partial charge in [-0.05, 0) is 18.6 Å². The van der Waals surface area contributed by atoms with E-state index in [2.05, 4.69) is 14.9 Å². The number of nitrogens with zero attached hydrogens (tertiary/aromatic N) is 1. The van der Waals surface area contributed by atoms with Crippen LogP contribution >= 0.6 is 0 Å². The van der Waals surface area contributed by atoms with Crippen molar-refractivity contribution in [2.45, 2.75) is 19.1 Å². The molecule has 2 rings (SSSR count). The Balaban J connectivity index is 2.30. The number of fused-ring (bicyclic) bond motifs is 1. The first-order valence-corrected chi connectivity index (χ1v) is 5.60. The number of H-pyrrole nitrogens is 1. The standard InChI is InChI=1S/C12H14N2O4/c1-2-18-12(17)11(16)10(15)7-4-3-5-9-8(7)6-13-14-9/h3-6,10-11,15-16H,2H2,1H3,(H,13,14). The molecule has 0 aliphatic rings. The fraction of sp³-hybridized carbons (Fsp3) is 0.333. The van der Waals surface area contributed by atoms with Crippen molar-refractivity contribution >= 4 is 16.9 Å². The van der Waals surface area contributed by atoms with Crippen LogP contribution in [0.2, 0.25) is 0 Å². The van der Waals surface area contributed by atoms with Crippen molar-refractivity contribution < 1.29 is 19.7 Å². The number of aliphatic hydroxyl groups is 2. The Labute approximate surface area is 103 Å². The largest absolute Gasteiger partial charge is 0.464 e. The van der Waals surface area contributed by atoms with E-state index < -0.39 is 18.2 Å². The maximum atomic E-state index is 11.4. The minimum atomic E-state index is -1.61. The van der Waals surface area contributed by atoms with E-state index in [0.717, 1.165) is 5.52 Å². The van der Waals surface area contributed by atoms with Crippen LogP contribution in [-0.2, 0) is 9.53 Å². The molecule has 6 nitrogen and oxygen atoms in total. The van der Waals surface area contributed by atoms with Gasteiger partial charge >= 0.3 is 5.97 Å². The monoisotopic (exact) mass is 250 g/mol. The topological polar surface area (TPSA) is 95.4 Å². The van der Waals surface area contributed by atoms with Crippen LogP contribution < -0.4 is 0 Å². The van der Waals surface area contributed by atoms with Gasteiger partial charge in [-0.3, -0.25) is 5.10 Å². The van der Waals surface area contributed by atoms with Gasteiger partial charge in [0.05, 0.1) is 18.3 Å². The van der Waals surface area contributed by atoms with E-state index in [1.54, 1.807) is 25.1 Å². The number of carbonyl (C=O) groups is 1. The lowest BCUT2D eigenvalue weighted by atomic mass is 10.0. The van der Waals surface area contributed by atoms with Gasteiger partial charge in [0.15, 0.2) is 6.10 Å². The predicted molar refractivity (Wildman–Crippen MR) is 63.7 cm³/mol. The van der Waals surface area contributed by atoms with E-state index >= 15 is 0 Å². The van der Waals surface area contributed by atoms with Crippen LogP contribution in [0, 0.1) is 0 Å². The number of rotatable bonds is 4. The van der Waals surface area contributed by atoms with E-state index in [0.29, 0.717) is 10.9 Å². The summed E-state index contributed by atoms with van der Waals surface area (Å²) in [5.41, 5.74) is 1.16. The number of esters is 1. The lowest BCUT2D eigenvalue weighted by Crippen LogP contribution is -2.29. The van der Waals surface area contributed by atoms with Crippen molar-refractivity contribution in [3.8, 4) is 0 Å². The van der Waals surface area contributed by atoms with Crippen molar-refractivity contribution in [1.82, 2.24) is 10.2 Å². The van der Waals surface area contributed by atoms with Crippen LogP contribution in [0.15, 0.2) is 24.4 Å². The van der Waals surface area contributed by atoms with Crippen molar-refractivity contribution in [3.05, 3.63) is 30.0 Å². The summed E-state index contributed by atoms with van der Waals surface area (Å²) in [4.78, 5) is 11.4. The minimum absolute atomic E-state index is 0.151. The quantitative estimate of drug-likeness (QED) is 0.687. The second-order valence-corrected chi connectivity index (χ2v) is 3.82. The first kappa shape index (κ1) is 12.5. The van der Waals surface area contributed by atoms with Gasteiger partial charge in [0.25, 0.3) is 0 Å². The highest BCUT2D eigenvalue weighted by Gasteiger charge is 2.28. The molecular weight excluding hydrogens is 236 g/mol. The number of aromatic amines is 1. The smallest absolute Gasteiger partial charge is 0.338 e. The van der Waals surface area contributed by atoms with Crippen LogP contribution in [0.5, 0.6) is 0 Å². The number of hydrogen-bond acceptors (Lipinski definition) is 5. The average molecular weight is 250 g/mol. The molecule has 0 aliphatic heterocycles. The Bertz CT molecular complexity index is 552. The molecule has 2 aromatic rings. The highest BCUT2D eigenvalue weighted by atomic mass is 16.5. The molecule has 0 amide bonds. The molecule has 1 heterocycles. The molecule has 3 N–H and O–H groups in total. The fourth-order valence-corrected chi connectivity index (χ4v) is 1.78. The van der Waals surface area contributed by atoms with Crippen molar-refractivity contribution in [3.63, 3.8) is 0 Å². The van der Waals surface area contributed by atoms with E-state index in [1.807, 2.05) is 0 Å². The van der Waals surface area contributed by atoms with Crippen LogP contribution in [0.4, 0.5) is 0 Å². The normalized spacial score (nSPS) is 14.4. The first-order valence-electron chi connectivity index (χ1n) is 5.60. The van der Waals surface area contributed by atoms with E-state index in [4.69, 9.17) is 0 Å². The molecule has 1 aromatic heterocycles. The molecule has 1 aromatic carbocycles. The second kappa shape index (κ2) is 5.16. The van der Waals surface area contributed by atoms with Crippen molar-refractivity contribution in [2.75, 3.05) is 6.61 Å². The Morgan fingerprint density at radius 1 is 1.50 bits per heavy atom. The third-order valence-electron chi connectivity index (χ3n) is 2.66. The number of carbonyl (C=O) groups excluding carboxylic acids is 1. The molecule has 0 spiro atoms. The summed E-state index contributed by atoms with van der Waals surface area (Å²) in [6.45, 7) is 1.78. The van der Waals surface area contributed by atoms with Crippen molar-refractivity contribution in [1.29, 1.82) is 0 Å². The van der Waals surface area contributed by atoms with Gasteiger partial charge in [-0.25, -0.2) is 4.79 Å². The van der Waals surface area contributed by atoms with E-state index in [-0.39, 0.29) is 6.61 Å². The third-order valence-corrected chi connectivity index (χ3v) is 2.66. The van der Waals surface area contributed by atoms with Gasteiger partial charge in [0.1, 0.15) is 6.10 Å². The molecule has 0 saturated heterocycles. The molecule has 0 saturated carbocycles. The SMILES string of the molecule is CCOC(=O)C(O)C(O)c1cccc2[nH]ncc12. The minimum Gasteiger partial charge on any atom is -0.464 e. The number of aromatic nitrogens is 2. The van der Waals surface area contributed by atoms with Gasteiger partial charge in [0.2, 0.25) is 0 Å². The van der Waals surface area contributed by atoms with E-state index in [1.165, 1.54) is 6.20 Å². The number of ether oxygens (including phenoxy) is 1. The first-order chi connectivity index (χ1) is 8.65. The van der Waals surface area contributed by atoms with Gasteiger partial charge in [-0.1, -0.05) is 12.1 Å². The molecule has 0 aliphatic carbocycles. The van der Waals surface area contributed by atoms with Crippen LogP contribution in [0.25, 0.3) is 10.9 Å². The zero-order chi connectivity index (χ0) is 13.1. The lowest BCUT2D eigenvalue weighted by molar-refractivity contribution is -0.159. The molecule has 2 unspecified atom stereocenters. The van der Waals surface area contributed by atoms with Crippen LogP contribution in [-0.4, -0.2) is 39.1 Å². The Morgan fingerprint density at radius 3 is 3.00 bits per heavy atom. The number of nitrogens with one attached hydrogen (secondary N) is 1. The van der Waals surface area contributed by atoms with Gasteiger partial charge in [-0.15, -0.1) is 0 Å². The molecule has 0 bridgehead atoms. The summed E-state index contributed by atoms with van der Waals surface area (Å²) in [6, 6.07) is 5.12. The maximum absolute atomic E-state index is 11.4. The van der Waals surface area contributed by atoms with Crippen LogP contribution in [0.3, 0.4) is 0 Å². The summed E-state index contributed by atoms with van der Waals surface area (Å²) in [7, 11) is 0. The summed E-state index contributed by atoms with van der Waals surface area (Å²) in [5, 5.41) is 27.0. The zero-order valence-corrected chi connectivity index (χ0v) is 9.83. The second-order valence-electron chi connectivity index (χ2n) is 3.82.